The summed E-state index contributed by atoms with van der Waals surface area (Å²) in [6.07, 6.45) is 7.67. The molecule has 1 aromatic carbocycles. The van der Waals surface area contributed by atoms with Gasteiger partial charge in [-0.2, -0.15) is 0 Å². The first-order valence-electron chi connectivity index (χ1n) is 4.51. The average molecular weight is 203 g/mol. The zero-order valence-corrected chi connectivity index (χ0v) is 7.83. The number of rotatable bonds is 2. The SMILES string of the molecule is O=[N+]([O-])c1cc(C2C=CC=C2)ccc1O. The fraction of sp³-hybridized carbons (Fsp3) is 0.0909. The molecule has 0 unspecified atom stereocenters. The Morgan fingerprint density at radius 2 is 1.93 bits per heavy atom. The van der Waals surface area contributed by atoms with Crippen molar-refractivity contribution < 1.29 is 10.0 Å². The first-order valence-corrected chi connectivity index (χ1v) is 4.51. The van der Waals surface area contributed by atoms with Crippen LogP contribution in [0.3, 0.4) is 0 Å². The van der Waals surface area contributed by atoms with E-state index in [-0.39, 0.29) is 17.4 Å². The number of phenolic OH excluding ortho intramolecular Hbond substituents is 1. The summed E-state index contributed by atoms with van der Waals surface area (Å²) in [5.41, 5.74) is 0.561. The Bertz CT molecular complexity index is 451. The number of benzene rings is 1. The average Bonchev–Trinajstić information content (AvgIpc) is 2.71. The molecule has 15 heavy (non-hydrogen) atoms. The molecule has 0 radical (unpaired) electrons. The van der Waals surface area contributed by atoms with Crippen LogP contribution >= 0.6 is 0 Å². The van der Waals surface area contributed by atoms with E-state index in [0.717, 1.165) is 5.56 Å². The highest BCUT2D eigenvalue weighted by molar-refractivity contribution is 5.50. The van der Waals surface area contributed by atoms with Crippen LogP contribution in [-0.4, -0.2) is 10.0 Å². The molecule has 0 saturated heterocycles. The molecule has 0 spiro atoms. The zero-order valence-electron chi connectivity index (χ0n) is 7.83. The van der Waals surface area contributed by atoms with Gasteiger partial charge in [-0.1, -0.05) is 30.4 Å². The molecule has 0 saturated carbocycles. The molecule has 0 fully saturated rings. The molecule has 4 heteroatoms. The fourth-order valence-electron chi connectivity index (χ4n) is 1.55. The first kappa shape index (κ1) is 9.45. The van der Waals surface area contributed by atoms with Crippen LogP contribution in [0.4, 0.5) is 5.69 Å². The number of allylic oxidation sites excluding steroid dienone is 4. The molecule has 0 atom stereocenters. The number of nitro benzene ring substituents is 1. The quantitative estimate of drug-likeness (QED) is 0.593. The van der Waals surface area contributed by atoms with Crippen molar-refractivity contribution >= 4 is 5.69 Å². The molecular formula is C11H9NO3. The van der Waals surface area contributed by atoms with Crippen LogP contribution in [0.2, 0.25) is 0 Å². The van der Waals surface area contributed by atoms with Crippen LogP contribution in [0.5, 0.6) is 5.75 Å². The van der Waals surface area contributed by atoms with Gasteiger partial charge in [-0.15, -0.1) is 0 Å². The lowest BCUT2D eigenvalue weighted by molar-refractivity contribution is -0.385. The smallest absolute Gasteiger partial charge is 0.310 e. The van der Waals surface area contributed by atoms with Gasteiger partial charge in [0.05, 0.1) is 4.92 Å². The second-order valence-electron chi connectivity index (χ2n) is 3.30. The Morgan fingerprint density at radius 1 is 1.27 bits per heavy atom. The van der Waals surface area contributed by atoms with E-state index in [0.29, 0.717) is 0 Å². The fourth-order valence-corrected chi connectivity index (χ4v) is 1.55. The molecule has 2 rings (SSSR count). The minimum absolute atomic E-state index is 0.0734. The molecule has 1 N–H and O–H groups in total. The van der Waals surface area contributed by atoms with Gasteiger partial charge in [-0.25, -0.2) is 0 Å². The molecule has 0 aliphatic heterocycles. The number of phenols is 1. The Kier molecular flexibility index (Phi) is 2.25. The third-order valence-electron chi connectivity index (χ3n) is 2.33. The van der Waals surface area contributed by atoms with Gasteiger partial charge in [0.2, 0.25) is 0 Å². The summed E-state index contributed by atoms with van der Waals surface area (Å²) < 4.78 is 0. The van der Waals surface area contributed by atoms with E-state index in [9.17, 15) is 15.2 Å². The van der Waals surface area contributed by atoms with E-state index in [4.69, 9.17) is 0 Å². The maximum Gasteiger partial charge on any atom is 0.310 e. The summed E-state index contributed by atoms with van der Waals surface area (Å²) in [6, 6.07) is 4.44. The molecule has 1 aliphatic rings. The van der Waals surface area contributed by atoms with Crippen LogP contribution < -0.4 is 0 Å². The highest BCUT2D eigenvalue weighted by Crippen LogP contribution is 2.31. The molecular weight excluding hydrogens is 194 g/mol. The van der Waals surface area contributed by atoms with E-state index in [1.54, 1.807) is 6.07 Å². The maximum atomic E-state index is 10.6. The molecule has 0 amide bonds. The van der Waals surface area contributed by atoms with Crippen molar-refractivity contribution in [3.8, 4) is 5.75 Å². The van der Waals surface area contributed by atoms with Crippen molar-refractivity contribution in [2.45, 2.75) is 5.92 Å². The van der Waals surface area contributed by atoms with Crippen molar-refractivity contribution in [2.75, 3.05) is 0 Å². The van der Waals surface area contributed by atoms with Gasteiger partial charge in [0.1, 0.15) is 0 Å². The van der Waals surface area contributed by atoms with Gasteiger partial charge in [-0.3, -0.25) is 10.1 Å². The molecule has 1 aliphatic carbocycles. The molecule has 0 bridgehead atoms. The van der Waals surface area contributed by atoms with Crippen LogP contribution in [0.1, 0.15) is 11.5 Å². The van der Waals surface area contributed by atoms with Crippen molar-refractivity contribution in [2.24, 2.45) is 0 Å². The van der Waals surface area contributed by atoms with Crippen molar-refractivity contribution in [3.05, 3.63) is 58.2 Å². The van der Waals surface area contributed by atoms with Gasteiger partial charge in [0, 0.05) is 12.0 Å². The summed E-state index contributed by atoms with van der Waals surface area (Å²) in [5.74, 6) is -0.223. The lowest BCUT2D eigenvalue weighted by Gasteiger charge is -2.05. The van der Waals surface area contributed by atoms with Gasteiger partial charge in [-0.05, 0) is 11.6 Å². The van der Waals surface area contributed by atoms with E-state index in [1.807, 2.05) is 24.3 Å². The highest BCUT2D eigenvalue weighted by Gasteiger charge is 2.16. The van der Waals surface area contributed by atoms with Gasteiger partial charge in [0.15, 0.2) is 5.75 Å². The summed E-state index contributed by atoms with van der Waals surface area (Å²) in [6.45, 7) is 0. The van der Waals surface area contributed by atoms with Crippen molar-refractivity contribution in [3.63, 3.8) is 0 Å². The van der Waals surface area contributed by atoms with E-state index in [1.165, 1.54) is 12.1 Å². The summed E-state index contributed by atoms with van der Waals surface area (Å²) >= 11 is 0. The lowest BCUT2D eigenvalue weighted by atomic mass is 10.0. The first-order chi connectivity index (χ1) is 7.18. The normalized spacial score (nSPS) is 14.7. The Hall–Kier alpha value is -2.10. The van der Waals surface area contributed by atoms with Crippen molar-refractivity contribution in [1.29, 1.82) is 0 Å². The predicted molar refractivity (Wildman–Crippen MR) is 55.8 cm³/mol. The second-order valence-corrected chi connectivity index (χ2v) is 3.30. The molecule has 4 nitrogen and oxygen atoms in total. The molecule has 0 aromatic heterocycles. The van der Waals surface area contributed by atoms with Gasteiger partial charge >= 0.3 is 5.69 Å². The summed E-state index contributed by atoms with van der Waals surface area (Å²) in [5, 5.41) is 19.9. The topological polar surface area (TPSA) is 63.4 Å². The van der Waals surface area contributed by atoms with Crippen molar-refractivity contribution in [1.82, 2.24) is 0 Å². The second kappa shape index (κ2) is 3.57. The Labute approximate surface area is 86.3 Å². The lowest BCUT2D eigenvalue weighted by Crippen LogP contribution is -1.93. The monoisotopic (exact) mass is 203 g/mol. The van der Waals surface area contributed by atoms with Gasteiger partial charge < -0.3 is 5.11 Å². The van der Waals surface area contributed by atoms with E-state index in [2.05, 4.69) is 0 Å². The van der Waals surface area contributed by atoms with Crippen LogP contribution in [-0.2, 0) is 0 Å². The van der Waals surface area contributed by atoms with E-state index < -0.39 is 4.92 Å². The minimum Gasteiger partial charge on any atom is -0.502 e. The molecule has 1 aromatic rings. The Morgan fingerprint density at radius 3 is 2.53 bits per heavy atom. The van der Waals surface area contributed by atoms with Crippen LogP contribution in [0, 0.1) is 10.1 Å². The third kappa shape index (κ3) is 1.74. The van der Waals surface area contributed by atoms with Gasteiger partial charge in [0.25, 0.3) is 0 Å². The Balaban J connectivity index is 2.42. The number of aromatic hydroxyl groups is 1. The zero-order chi connectivity index (χ0) is 10.8. The highest BCUT2D eigenvalue weighted by atomic mass is 16.6. The number of hydrogen-bond donors (Lipinski definition) is 1. The summed E-state index contributed by atoms with van der Waals surface area (Å²) in [7, 11) is 0. The van der Waals surface area contributed by atoms with E-state index >= 15 is 0 Å². The van der Waals surface area contributed by atoms with Crippen LogP contribution in [0.15, 0.2) is 42.5 Å². The number of nitro groups is 1. The molecule has 76 valence electrons. The third-order valence-corrected chi connectivity index (χ3v) is 2.33. The molecule has 0 heterocycles. The summed E-state index contributed by atoms with van der Waals surface area (Å²) in [4.78, 5) is 10.0. The minimum atomic E-state index is -0.582. The predicted octanol–water partition coefficient (Wildman–Crippen LogP) is 2.51. The number of hydrogen-bond acceptors (Lipinski definition) is 3. The largest absolute Gasteiger partial charge is 0.502 e. The standard InChI is InChI=1S/C11H9NO3/c13-11-6-5-9(7-10(11)12(14)15)8-3-1-2-4-8/h1-8,13H. The maximum absolute atomic E-state index is 10.6. The van der Waals surface area contributed by atoms with Crippen LogP contribution in [0.25, 0.3) is 0 Å². The number of nitrogens with zero attached hydrogens (tertiary/aromatic N) is 1.